The third-order valence-electron chi connectivity index (χ3n) is 5.33. The molecule has 0 saturated carbocycles. The maximum absolute atomic E-state index is 12.9. The minimum Gasteiger partial charge on any atom is -0.496 e. The number of benzene rings is 1. The lowest BCUT2D eigenvalue weighted by molar-refractivity contribution is -0.126. The molecule has 2 aromatic heterocycles. The van der Waals surface area contributed by atoms with Crippen LogP contribution in [0, 0.1) is 12.8 Å². The second-order valence-corrected chi connectivity index (χ2v) is 7.39. The molecule has 3 heterocycles. The van der Waals surface area contributed by atoms with E-state index in [0.29, 0.717) is 54.8 Å². The highest BCUT2D eigenvalue weighted by Crippen LogP contribution is 2.29. The van der Waals surface area contributed by atoms with Gasteiger partial charge in [-0.15, -0.1) is 0 Å². The number of hydrogen-bond donors (Lipinski definition) is 2. The van der Waals surface area contributed by atoms with E-state index in [4.69, 9.17) is 9.26 Å². The summed E-state index contributed by atoms with van der Waals surface area (Å²) in [5.41, 5.74) is 1.87. The summed E-state index contributed by atoms with van der Waals surface area (Å²) in [6.45, 7) is 2.93. The summed E-state index contributed by atoms with van der Waals surface area (Å²) in [6, 6.07) is 9.24. The lowest BCUT2D eigenvalue weighted by Crippen LogP contribution is -2.43. The van der Waals surface area contributed by atoms with Crippen LogP contribution in [0.5, 0.6) is 5.75 Å². The Kier molecular flexibility index (Phi) is 5.96. The number of aryl methyl sites for hydroxylation is 1. The highest BCUT2D eigenvalue weighted by atomic mass is 16.5. The van der Waals surface area contributed by atoms with Gasteiger partial charge in [0, 0.05) is 24.6 Å². The van der Waals surface area contributed by atoms with E-state index in [-0.39, 0.29) is 24.3 Å². The van der Waals surface area contributed by atoms with Gasteiger partial charge in [-0.05, 0) is 38.0 Å². The molecule has 0 spiro atoms. The van der Waals surface area contributed by atoms with Crippen LogP contribution in [0.1, 0.15) is 35.0 Å². The van der Waals surface area contributed by atoms with Gasteiger partial charge in [-0.3, -0.25) is 14.7 Å². The first-order valence-electron chi connectivity index (χ1n) is 10.1. The van der Waals surface area contributed by atoms with Crippen molar-refractivity contribution in [2.75, 3.05) is 20.2 Å². The number of ether oxygens (including phenoxy) is 1. The Hall–Kier alpha value is -3.69. The predicted molar refractivity (Wildman–Crippen MR) is 110 cm³/mol. The van der Waals surface area contributed by atoms with E-state index in [9.17, 15) is 9.59 Å². The molecule has 10 heteroatoms. The molecule has 3 aromatic rings. The average molecular weight is 424 g/mol. The standard InChI is InChI=1S/C21H24N6O4/c1-13-23-19(31-26-13)12-22-20(28)14-7-9-27(10-8-14)21(29)17-11-16(24-25-17)15-5-3-4-6-18(15)30-2/h3-6,11,14H,7-10,12H2,1-2H3,(H,22,28)(H,24,25). The fraction of sp³-hybridized carbons (Fsp3) is 0.381. The number of carbonyl (C=O) groups excluding carboxylic acids is 2. The smallest absolute Gasteiger partial charge is 0.271 e. The fourth-order valence-electron chi connectivity index (χ4n) is 3.66. The number of H-pyrrole nitrogens is 1. The number of aromatic nitrogens is 4. The molecule has 10 nitrogen and oxygen atoms in total. The van der Waals surface area contributed by atoms with Crippen molar-refractivity contribution in [2.45, 2.75) is 26.3 Å². The van der Waals surface area contributed by atoms with Crippen LogP contribution >= 0.6 is 0 Å². The van der Waals surface area contributed by atoms with Gasteiger partial charge < -0.3 is 19.5 Å². The summed E-state index contributed by atoms with van der Waals surface area (Å²) in [4.78, 5) is 31.1. The van der Waals surface area contributed by atoms with Crippen LogP contribution in [0.2, 0.25) is 0 Å². The van der Waals surface area contributed by atoms with Crippen molar-refractivity contribution in [1.82, 2.24) is 30.6 Å². The lowest BCUT2D eigenvalue weighted by Gasteiger charge is -2.30. The number of carbonyl (C=O) groups is 2. The van der Waals surface area contributed by atoms with Gasteiger partial charge in [-0.25, -0.2) is 0 Å². The molecule has 1 aliphatic rings. The average Bonchev–Trinajstić information content (AvgIpc) is 3.46. The van der Waals surface area contributed by atoms with Crippen molar-refractivity contribution >= 4 is 11.8 Å². The summed E-state index contributed by atoms with van der Waals surface area (Å²) >= 11 is 0. The second kappa shape index (κ2) is 8.99. The van der Waals surface area contributed by atoms with E-state index in [2.05, 4.69) is 25.7 Å². The minimum atomic E-state index is -0.154. The van der Waals surface area contributed by atoms with Crippen molar-refractivity contribution in [3.05, 3.63) is 47.7 Å². The van der Waals surface area contributed by atoms with Crippen LogP contribution in [-0.4, -0.2) is 57.3 Å². The molecule has 1 fully saturated rings. The molecule has 0 bridgehead atoms. The van der Waals surface area contributed by atoms with Crippen molar-refractivity contribution < 1.29 is 18.8 Å². The first kappa shape index (κ1) is 20.6. The van der Waals surface area contributed by atoms with Crippen LogP contribution in [0.15, 0.2) is 34.9 Å². The third kappa shape index (κ3) is 4.57. The number of nitrogens with one attached hydrogen (secondary N) is 2. The Balaban J connectivity index is 1.32. The number of methoxy groups -OCH3 is 1. The molecular weight excluding hydrogens is 400 g/mol. The first-order valence-corrected chi connectivity index (χ1v) is 10.1. The Bertz CT molecular complexity index is 1070. The van der Waals surface area contributed by atoms with Gasteiger partial charge in [0.05, 0.1) is 19.3 Å². The molecule has 0 radical (unpaired) electrons. The molecule has 1 aliphatic heterocycles. The summed E-state index contributed by atoms with van der Waals surface area (Å²) in [7, 11) is 1.60. The number of hydrogen-bond acceptors (Lipinski definition) is 7. The number of para-hydroxylation sites is 1. The number of rotatable bonds is 6. The molecule has 31 heavy (non-hydrogen) atoms. The van der Waals surface area contributed by atoms with Gasteiger partial charge in [-0.1, -0.05) is 17.3 Å². The highest BCUT2D eigenvalue weighted by Gasteiger charge is 2.29. The highest BCUT2D eigenvalue weighted by molar-refractivity contribution is 5.93. The van der Waals surface area contributed by atoms with Gasteiger partial charge in [0.2, 0.25) is 11.8 Å². The van der Waals surface area contributed by atoms with Crippen molar-refractivity contribution in [3.8, 4) is 17.0 Å². The van der Waals surface area contributed by atoms with Crippen molar-refractivity contribution in [1.29, 1.82) is 0 Å². The lowest BCUT2D eigenvalue weighted by atomic mass is 9.95. The van der Waals surface area contributed by atoms with Gasteiger partial charge >= 0.3 is 0 Å². The Morgan fingerprint density at radius 3 is 2.77 bits per heavy atom. The van der Waals surface area contributed by atoms with Crippen molar-refractivity contribution in [2.24, 2.45) is 5.92 Å². The van der Waals surface area contributed by atoms with Gasteiger partial charge in [-0.2, -0.15) is 10.1 Å². The number of aromatic amines is 1. The van der Waals surface area contributed by atoms with E-state index < -0.39 is 0 Å². The van der Waals surface area contributed by atoms with Gasteiger partial charge in [0.25, 0.3) is 5.91 Å². The summed E-state index contributed by atoms with van der Waals surface area (Å²) < 4.78 is 10.4. The largest absolute Gasteiger partial charge is 0.496 e. The molecule has 4 rings (SSSR count). The zero-order valence-corrected chi connectivity index (χ0v) is 17.4. The summed E-state index contributed by atoms with van der Waals surface area (Å²) in [5.74, 6) is 1.25. The van der Waals surface area contributed by atoms with Crippen LogP contribution in [0.3, 0.4) is 0 Å². The molecule has 2 N–H and O–H groups in total. The normalized spacial score (nSPS) is 14.5. The predicted octanol–water partition coefficient (Wildman–Crippen LogP) is 1.95. The Labute approximate surface area is 179 Å². The first-order chi connectivity index (χ1) is 15.0. The maximum atomic E-state index is 12.9. The Morgan fingerprint density at radius 2 is 2.06 bits per heavy atom. The van der Waals surface area contributed by atoms with E-state index in [1.807, 2.05) is 24.3 Å². The molecule has 2 amide bonds. The van der Waals surface area contributed by atoms with Crippen LogP contribution in [0.4, 0.5) is 0 Å². The van der Waals surface area contributed by atoms with E-state index in [1.165, 1.54) is 0 Å². The van der Waals surface area contributed by atoms with Crippen LogP contribution in [-0.2, 0) is 11.3 Å². The zero-order chi connectivity index (χ0) is 21.8. The van der Waals surface area contributed by atoms with Crippen LogP contribution in [0.25, 0.3) is 11.3 Å². The number of piperidine rings is 1. The topological polar surface area (TPSA) is 126 Å². The van der Waals surface area contributed by atoms with E-state index >= 15 is 0 Å². The van der Waals surface area contributed by atoms with Gasteiger partial charge in [0.15, 0.2) is 5.82 Å². The number of amides is 2. The fourth-order valence-corrected chi connectivity index (χ4v) is 3.66. The zero-order valence-electron chi connectivity index (χ0n) is 17.4. The quantitative estimate of drug-likeness (QED) is 0.619. The maximum Gasteiger partial charge on any atom is 0.271 e. The minimum absolute atomic E-state index is 0.0667. The number of likely N-dealkylation sites (tertiary alicyclic amines) is 1. The Morgan fingerprint density at radius 1 is 1.29 bits per heavy atom. The molecule has 0 unspecified atom stereocenters. The molecule has 162 valence electrons. The second-order valence-electron chi connectivity index (χ2n) is 7.39. The van der Waals surface area contributed by atoms with E-state index in [1.54, 1.807) is 25.0 Å². The van der Waals surface area contributed by atoms with E-state index in [0.717, 1.165) is 5.56 Å². The third-order valence-corrected chi connectivity index (χ3v) is 5.33. The summed E-state index contributed by atoms with van der Waals surface area (Å²) in [6.07, 6.45) is 1.18. The van der Waals surface area contributed by atoms with Crippen molar-refractivity contribution in [3.63, 3.8) is 0 Å². The van der Waals surface area contributed by atoms with Gasteiger partial charge in [0.1, 0.15) is 11.4 Å². The SMILES string of the molecule is COc1ccccc1-c1cc(C(=O)N2CCC(C(=O)NCc3nc(C)no3)CC2)[nH]n1. The molecular formula is C21H24N6O4. The molecule has 0 aliphatic carbocycles. The van der Waals surface area contributed by atoms with Crippen LogP contribution < -0.4 is 10.1 Å². The monoisotopic (exact) mass is 424 g/mol. The molecule has 1 saturated heterocycles. The number of nitrogens with zero attached hydrogens (tertiary/aromatic N) is 4. The molecule has 0 atom stereocenters. The summed E-state index contributed by atoms with van der Waals surface area (Å²) in [5, 5.41) is 13.6. The molecule has 1 aromatic carbocycles.